The van der Waals surface area contributed by atoms with Crippen molar-refractivity contribution >= 4 is 17.5 Å². The number of aryl methyl sites for hydroxylation is 1. The number of benzene rings is 1. The zero-order chi connectivity index (χ0) is 12.3. The van der Waals surface area contributed by atoms with Gasteiger partial charge in [0.05, 0.1) is 11.3 Å². The molecule has 2 aromatic rings. The first-order valence-corrected chi connectivity index (χ1v) is 6.43. The van der Waals surface area contributed by atoms with Gasteiger partial charge < -0.3 is 4.42 Å². The van der Waals surface area contributed by atoms with Crippen molar-refractivity contribution < 1.29 is 9.21 Å². The van der Waals surface area contributed by atoms with Crippen LogP contribution in [-0.4, -0.2) is 5.78 Å². The Morgan fingerprint density at radius 2 is 2.00 bits per heavy atom. The smallest absolute Gasteiger partial charge is 0.163 e. The first-order chi connectivity index (χ1) is 8.16. The summed E-state index contributed by atoms with van der Waals surface area (Å²) in [5.74, 6) is 2.36. The monoisotopic (exact) mass is 246 g/mol. The predicted molar refractivity (Wildman–Crippen MR) is 69.5 cm³/mol. The van der Waals surface area contributed by atoms with E-state index in [1.165, 1.54) is 4.90 Å². The fourth-order valence-electron chi connectivity index (χ4n) is 1.64. The average molecular weight is 246 g/mol. The molecule has 0 saturated heterocycles. The Hall–Kier alpha value is -1.48. The summed E-state index contributed by atoms with van der Waals surface area (Å²) in [5.41, 5.74) is 0.689. The van der Waals surface area contributed by atoms with Crippen molar-refractivity contribution in [2.75, 3.05) is 0 Å². The topological polar surface area (TPSA) is 30.2 Å². The SMILES string of the molecule is CC(=O)c1cc(CSc2ccccc2)oc1C. The number of carbonyl (C=O) groups is 1. The van der Waals surface area contributed by atoms with Gasteiger partial charge in [-0.1, -0.05) is 18.2 Å². The summed E-state index contributed by atoms with van der Waals surface area (Å²) in [6, 6.07) is 12.0. The first kappa shape index (κ1) is 12.0. The second-order valence-electron chi connectivity index (χ2n) is 3.84. The van der Waals surface area contributed by atoms with Crippen LogP contribution in [0.3, 0.4) is 0 Å². The number of furan rings is 1. The minimum atomic E-state index is 0.0576. The summed E-state index contributed by atoms with van der Waals surface area (Å²) in [6.07, 6.45) is 0. The third-order valence-corrected chi connectivity index (χ3v) is 3.51. The van der Waals surface area contributed by atoms with E-state index in [4.69, 9.17) is 4.42 Å². The van der Waals surface area contributed by atoms with Crippen LogP contribution in [0.4, 0.5) is 0 Å². The second-order valence-corrected chi connectivity index (χ2v) is 4.89. The second kappa shape index (κ2) is 5.23. The Bertz CT molecular complexity index is 514. The summed E-state index contributed by atoms with van der Waals surface area (Å²) in [6.45, 7) is 3.39. The van der Waals surface area contributed by atoms with Crippen molar-refractivity contribution in [1.82, 2.24) is 0 Å². The van der Waals surface area contributed by atoms with E-state index in [9.17, 15) is 4.79 Å². The van der Waals surface area contributed by atoms with E-state index in [0.29, 0.717) is 11.3 Å². The molecule has 1 heterocycles. The quantitative estimate of drug-likeness (QED) is 0.601. The third-order valence-electron chi connectivity index (χ3n) is 2.47. The van der Waals surface area contributed by atoms with Gasteiger partial charge in [0.2, 0.25) is 0 Å². The summed E-state index contributed by atoms with van der Waals surface area (Å²) in [4.78, 5) is 12.5. The maximum atomic E-state index is 11.3. The molecular weight excluding hydrogens is 232 g/mol. The van der Waals surface area contributed by atoms with Crippen LogP contribution in [0.15, 0.2) is 45.7 Å². The van der Waals surface area contributed by atoms with E-state index < -0.39 is 0 Å². The standard InChI is InChI=1S/C14H14O2S/c1-10(15)14-8-12(16-11(14)2)9-17-13-6-4-3-5-7-13/h3-8H,9H2,1-2H3. The van der Waals surface area contributed by atoms with E-state index in [0.717, 1.165) is 11.5 Å². The van der Waals surface area contributed by atoms with Gasteiger partial charge in [-0.2, -0.15) is 0 Å². The van der Waals surface area contributed by atoms with Gasteiger partial charge in [0.1, 0.15) is 11.5 Å². The molecule has 0 atom stereocenters. The highest BCUT2D eigenvalue weighted by Crippen LogP contribution is 2.25. The van der Waals surface area contributed by atoms with Crippen molar-refractivity contribution in [3.63, 3.8) is 0 Å². The molecule has 0 radical (unpaired) electrons. The van der Waals surface area contributed by atoms with Gasteiger partial charge >= 0.3 is 0 Å². The van der Waals surface area contributed by atoms with Crippen molar-refractivity contribution in [3.8, 4) is 0 Å². The lowest BCUT2D eigenvalue weighted by Crippen LogP contribution is -1.90. The fourth-order valence-corrected chi connectivity index (χ4v) is 2.44. The van der Waals surface area contributed by atoms with Crippen LogP contribution in [-0.2, 0) is 5.75 Å². The summed E-state index contributed by atoms with van der Waals surface area (Å²) in [7, 11) is 0. The van der Waals surface area contributed by atoms with Crippen molar-refractivity contribution in [2.24, 2.45) is 0 Å². The van der Waals surface area contributed by atoms with Crippen LogP contribution < -0.4 is 0 Å². The van der Waals surface area contributed by atoms with Gasteiger partial charge in [-0.3, -0.25) is 4.79 Å². The molecule has 0 N–H and O–H groups in total. The van der Waals surface area contributed by atoms with Gasteiger partial charge in [0, 0.05) is 4.90 Å². The molecule has 2 nitrogen and oxygen atoms in total. The van der Waals surface area contributed by atoms with E-state index in [2.05, 4.69) is 12.1 Å². The van der Waals surface area contributed by atoms with Gasteiger partial charge in [-0.15, -0.1) is 11.8 Å². The molecule has 2 rings (SSSR count). The molecule has 3 heteroatoms. The van der Waals surface area contributed by atoms with Gasteiger partial charge in [0.15, 0.2) is 5.78 Å². The van der Waals surface area contributed by atoms with E-state index in [-0.39, 0.29) is 5.78 Å². The molecule has 0 spiro atoms. The minimum absolute atomic E-state index is 0.0576. The number of hydrogen-bond acceptors (Lipinski definition) is 3. The van der Waals surface area contributed by atoms with E-state index >= 15 is 0 Å². The van der Waals surface area contributed by atoms with Crippen molar-refractivity contribution in [3.05, 3.63) is 53.5 Å². The van der Waals surface area contributed by atoms with E-state index in [1.807, 2.05) is 31.2 Å². The van der Waals surface area contributed by atoms with Crippen LogP contribution in [0.1, 0.15) is 28.8 Å². The first-order valence-electron chi connectivity index (χ1n) is 5.45. The molecule has 0 bridgehead atoms. The zero-order valence-corrected chi connectivity index (χ0v) is 10.7. The van der Waals surface area contributed by atoms with Gasteiger partial charge in [-0.25, -0.2) is 0 Å². The Morgan fingerprint density at radius 3 is 2.59 bits per heavy atom. The molecule has 0 saturated carbocycles. The molecule has 0 aliphatic carbocycles. The predicted octanol–water partition coefficient (Wildman–Crippen LogP) is 4.08. The normalized spacial score (nSPS) is 10.5. The summed E-state index contributed by atoms with van der Waals surface area (Å²) < 4.78 is 5.56. The molecule has 0 fully saturated rings. The number of carbonyl (C=O) groups excluding carboxylic acids is 1. The fraction of sp³-hybridized carbons (Fsp3) is 0.214. The van der Waals surface area contributed by atoms with Crippen molar-refractivity contribution in [1.29, 1.82) is 0 Å². The Balaban J connectivity index is 2.05. The largest absolute Gasteiger partial charge is 0.465 e. The molecule has 0 aliphatic rings. The lowest BCUT2D eigenvalue weighted by molar-refractivity contribution is 0.101. The van der Waals surface area contributed by atoms with Crippen LogP contribution in [0.25, 0.3) is 0 Å². The highest BCUT2D eigenvalue weighted by molar-refractivity contribution is 7.98. The average Bonchev–Trinajstić information content (AvgIpc) is 2.69. The molecule has 1 aromatic heterocycles. The number of ketones is 1. The summed E-state index contributed by atoms with van der Waals surface area (Å²) in [5, 5.41) is 0. The Labute approximate surface area is 105 Å². The molecule has 0 amide bonds. The number of hydrogen-bond donors (Lipinski definition) is 0. The van der Waals surface area contributed by atoms with Crippen LogP contribution >= 0.6 is 11.8 Å². The zero-order valence-electron chi connectivity index (χ0n) is 9.90. The van der Waals surface area contributed by atoms with E-state index in [1.54, 1.807) is 18.7 Å². The maximum absolute atomic E-state index is 11.3. The summed E-state index contributed by atoms with van der Waals surface area (Å²) >= 11 is 1.70. The van der Waals surface area contributed by atoms with Crippen LogP contribution in [0.5, 0.6) is 0 Å². The van der Waals surface area contributed by atoms with Gasteiger partial charge in [0.25, 0.3) is 0 Å². The van der Waals surface area contributed by atoms with Gasteiger partial charge in [-0.05, 0) is 32.0 Å². The molecule has 88 valence electrons. The lowest BCUT2D eigenvalue weighted by atomic mass is 10.2. The number of thioether (sulfide) groups is 1. The molecular formula is C14H14O2S. The highest BCUT2D eigenvalue weighted by Gasteiger charge is 2.11. The number of rotatable bonds is 4. The lowest BCUT2D eigenvalue weighted by Gasteiger charge is -1.97. The molecule has 0 unspecified atom stereocenters. The number of Topliss-reactive ketones (excluding diaryl/α,β-unsaturated/α-hetero) is 1. The third kappa shape index (κ3) is 3.01. The molecule has 17 heavy (non-hydrogen) atoms. The maximum Gasteiger partial charge on any atom is 0.163 e. The van der Waals surface area contributed by atoms with Crippen molar-refractivity contribution in [2.45, 2.75) is 24.5 Å². The molecule has 1 aromatic carbocycles. The Kier molecular flexibility index (Phi) is 3.69. The molecule has 0 aliphatic heterocycles. The van der Waals surface area contributed by atoms with Crippen LogP contribution in [0, 0.1) is 6.92 Å². The Morgan fingerprint density at radius 1 is 1.29 bits per heavy atom. The van der Waals surface area contributed by atoms with Crippen LogP contribution in [0.2, 0.25) is 0 Å². The minimum Gasteiger partial charge on any atom is -0.465 e. The highest BCUT2D eigenvalue weighted by atomic mass is 32.2.